The van der Waals surface area contributed by atoms with Gasteiger partial charge in [-0.1, -0.05) is 11.3 Å². The van der Waals surface area contributed by atoms with Crippen LogP contribution < -0.4 is 4.90 Å². The standard InChI is InChI=1S/C10H16N2O3S/c1-3-12(5-6-15-4-2)10-11-7-8(16-10)9(13)14/h7H,3-6H2,1-2H3,(H,13,14). The van der Waals surface area contributed by atoms with Crippen LogP contribution in [0.5, 0.6) is 0 Å². The number of anilines is 1. The van der Waals surface area contributed by atoms with E-state index in [9.17, 15) is 4.79 Å². The zero-order valence-electron chi connectivity index (χ0n) is 9.47. The Hall–Kier alpha value is -1.14. The highest BCUT2D eigenvalue weighted by atomic mass is 32.1. The third-order valence-electron chi connectivity index (χ3n) is 2.07. The molecule has 0 aliphatic heterocycles. The second kappa shape index (κ2) is 6.44. The van der Waals surface area contributed by atoms with E-state index >= 15 is 0 Å². The summed E-state index contributed by atoms with van der Waals surface area (Å²) in [7, 11) is 0. The maximum atomic E-state index is 10.7. The number of hydrogen-bond acceptors (Lipinski definition) is 5. The van der Waals surface area contributed by atoms with E-state index in [1.165, 1.54) is 17.5 Å². The number of aromatic nitrogens is 1. The first kappa shape index (κ1) is 12.9. The molecule has 0 fully saturated rings. The number of carbonyl (C=O) groups is 1. The summed E-state index contributed by atoms with van der Waals surface area (Å²) in [5.74, 6) is -0.926. The van der Waals surface area contributed by atoms with Gasteiger partial charge in [-0.15, -0.1) is 0 Å². The number of nitrogens with zero attached hydrogens (tertiary/aromatic N) is 2. The predicted molar refractivity (Wildman–Crippen MR) is 63.5 cm³/mol. The summed E-state index contributed by atoms with van der Waals surface area (Å²) in [5, 5.41) is 9.53. The molecule has 0 radical (unpaired) electrons. The van der Waals surface area contributed by atoms with Crippen molar-refractivity contribution in [2.24, 2.45) is 0 Å². The monoisotopic (exact) mass is 244 g/mol. The van der Waals surface area contributed by atoms with Crippen LogP contribution in [-0.2, 0) is 4.74 Å². The van der Waals surface area contributed by atoms with Gasteiger partial charge in [0.1, 0.15) is 4.88 Å². The maximum absolute atomic E-state index is 10.7. The van der Waals surface area contributed by atoms with Crippen molar-refractivity contribution in [1.29, 1.82) is 0 Å². The minimum atomic E-state index is -0.926. The fraction of sp³-hybridized carbons (Fsp3) is 0.600. The Morgan fingerprint density at radius 1 is 1.62 bits per heavy atom. The number of rotatable bonds is 7. The molecule has 1 aromatic rings. The van der Waals surface area contributed by atoms with Gasteiger partial charge >= 0.3 is 5.97 Å². The van der Waals surface area contributed by atoms with E-state index in [-0.39, 0.29) is 4.88 Å². The average Bonchev–Trinajstić information content (AvgIpc) is 2.74. The van der Waals surface area contributed by atoms with Gasteiger partial charge in [0, 0.05) is 19.7 Å². The fourth-order valence-corrected chi connectivity index (χ4v) is 2.06. The highest BCUT2D eigenvalue weighted by Crippen LogP contribution is 2.21. The number of likely N-dealkylation sites (N-methyl/N-ethyl adjacent to an activating group) is 1. The lowest BCUT2D eigenvalue weighted by Gasteiger charge is -2.19. The summed E-state index contributed by atoms with van der Waals surface area (Å²) < 4.78 is 5.26. The maximum Gasteiger partial charge on any atom is 0.347 e. The van der Waals surface area contributed by atoms with Gasteiger partial charge in [0.15, 0.2) is 5.13 Å². The molecule has 5 nitrogen and oxygen atoms in total. The van der Waals surface area contributed by atoms with Gasteiger partial charge in [-0.25, -0.2) is 9.78 Å². The zero-order valence-corrected chi connectivity index (χ0v) is 10.3. The Morgan fingerprint density at radius 3 is 2.88 bits per heavy atom. The van der Waals surface area contributed by atoms with Crippen molar-refractivity contribution in [3.63, 3.8) is 0 Å². The molecule has 90 valence electrons. The topological polar surface area (TPSA) is 62.7 Å². The van der Waals surface area contributed by atoms with Gasteiger partial charge in [0.25, 0.3) is 0 Å². The fourth-order valence-electron chi connectivity index (χ4n) is 1.22. The highest BCUT2D eigenvalue weighted by Gasteiger charge is 2.12. The van der Waals surface area contributed by atoms with E-state index in [2.05, 4.69) is 4.98 Å². The third-order valence-corrected chi connectivity index (χ3v) is 3.11. The van der Waals surface area contributed by atoms with Crippen LogP contribution in [0.1, 0.15) is 23.5 Å². The Balaban J connectivity index is 2.60. The number of carboxylic acid groups (broad SMARTS) is 1. The molecule has 0 aliphatic rings. The Kier molecular flexibility index (Phi) is 5.21. The lowest BCUT2D eigenvalue weighted by molar-refractivity contribution is 0.0702. The lowest BCUT2D eigenvalue weighted by atomic mass is 10.5. The molecular formula is C10H16N2O3S. The Morgan fingerprint density at radius 2 is 2.38 bits per heavy atom. The molecule has 0 spiro atoms. The molecule has 0 aliphatic carbocycles. The SMILES string of the molecule is CCOCCN(CC)c1ncc(C(=O)O)s1. The summed E-state index contributed by atoms with van der Waals surface area (Å²) in [6.07, 6.45) is 1.39. The average molecular weight is 244 g/mol. The van der Waals surface area contributed by atoms with Gasteiger partial charge in [0.05, 0.1) is 12.8 Å². The van der Waals surface area contributed by atoms with Crippen molar-refractivity contribution in [3.8, 4) is 0 Å². The van der Waals surface area contributed by atoms with Crippen LogP contribution >= 0.6 is 11.3 Å². The second-order valence-corrected chi connectivity index (χ2v) is 4.10. The molecular weight excluding hydrogens is 228 g/mol. The number of hydrogen-bond donors (Lipinski definition) is 1. The zero-order chi connectivity index (χ0) is 12.0. The first-order valence-electron chi connectivity index (χ1n) is 5.20. The molecule has 0 saturated carbocycles. The van der Waals surface area contributed by atoms with Crippen molar-refractivity contribution in [3.05, 3.63) is 11.1 Å². The second-order valence-electron chi connectivity index (χ2n) is 3.09. The minimum Gasteiger partial charge on any atom is -0.477 e. The van der Waals surface area contributed by atoms with E-state index in [0.717, 1.165) is 18.2 Å². The molecule has 0 amide bonds. The van der Waals surface area contributed by atoms with Gasteiger partial charge in [-0.3, -0.25) is 0 Å². The summed E-state index contributed by atoms with van der Waals surface area (Å²) in [6, 6.07) is 0. The predicted octanol–water partition coefficient (Wildman–Crippen LogP) is 1.70. The summed E-state index contributed by atoms with van der Waals surface area (Å²) in [6.45, 7) is 6.80. The highest BCUT2D eigenvalue weighted by molar-refractivity contribution is 7.17. The van der Waals surface area contributed by atoms with E-state index in [1.807, 2.05) is 18.7 Å². The number of aromatic carboxylic acids is 1. The number of thiazole rings is 1. The molecule has 16 heavy (non-hydrogen) atoms. The Labute approximate surface area is 98.7 Å². The van der Waals surface area contributed by atoms with Crippen molar-refractivity contribution in [2.45, 2.75) is 13.8 Å². The lowest BCUT2D eigenvalue weighted by Crippen LogP contribution is -2.26. The van der Waals surface area contributed by atoms with Crippen LogP contribution in [-0.4, -0.2) is 42.4 Å². The van der Waals surface area contributed by atoms with Crippen molar-refractivity contribution in [1.82, 2.24) is 4.98 Å². The summed E-state index contributed by atoms with van der Waals surface area (Å²) in [5.41, 5.74) is 0. The van der Waals surface area contributed by atoms with Gasteiger partial charge in [-0.05, 0) is 13.8 Å². The van der Waals surface area contributed by atoms with Gasteiger partial charge in [0.2, 0.25) is 0 Å². The molecule has 0 atom stereocenters. The largest absolute Gasteiger partial charge is 0.477 e. The van der Waals surface area contributed by atoms with E-state index in [4.69, 9.17) is 9.84 Å². The van der Waals surface area contributed by atoms with Crippen LogP contribution in [0.4, 0.5) is 5.13 Å². The first-order chi connectivity index (χ1) is 7.69. The van der Waals surface area contributed by atoms with E-state index in [0.29, 0.717) is 13.2 Å². The molecule has 0 aromatic carbocycles. The van der Waals surface area contributed by atoms with Crippen LogP contribution in [0.15, 0.2) is 6.20 Å². The molecule has 1 rings (SSSR count). The van der Waals surface area contributed by atoms with Gasteiger partial charge < -0.3 is 14.7 Å². The molecule has 0 saturated heterocycles. The molecule has 1 N–H and O–H groups in total. The van der Waals surface area contributed by atoms with E-state index < -0.39 is 5.97 Å². The first-order valence-corrected chi connectivity index (χ1v) is 6.02. The molecule has 1 heterocycles. The smallest absolute Gasteiger partial charge is 0.347 e. The normalized spacial score (nSPS) is 10.4. The van der Waals surface area contributed by atoms with Crippen molar-refractivity contribution >= 4 is 22.4 Å². The Bertz CT molecular complexity index is 341. The molecule has 1 aromatic heterocycles. The molecule has 6 heteroatoms. The van der Waals surface area contributed by atoms with Gasteiger partial charge in [-0.2, -0.15) is 0 Å². The van der Waals surface area contributed by atoms with Crippen LogP contribution in [0.2, 0.25) is 0 Å². The van der Waals surface area contributed by atoms with Crippen molar-refractivity contribution < 1.29 is 14.6 Å². The molecule has 0 unspecified atom stereocenters. The van der Waals surface area contributed by atoms with E-state index in [1.54, 1.807) is 0 Å². The summed E-state index contributed by atoms with van der Waals surface area (Å²) in [4.78, 5) is 17.1. The van der Waals surface area contributed by atoms with Crippen molar-refractivity contribution in [2.75, 3.05) is 31.2 Å². The minimum absolute atomic E-state index is 0.268. The quantitative estimate of drug-likeness (QED) is 0.740. The number of ether oxygens (including phenoxy) is 1. The van der Waals surface area contributed by atoms with Crippen LogP contribution in [0.25, 0.3) is 0 Å². The van der Waals surface area contributed by atoms with Crippen LogP contribution in [0.3, 0.4) is 0 Å². The number of carboxylic acids is 1. The third kappa shape index (κ3) is 3.46. The molecule has 0 bridgehead atoms. The van der Waals surface area contributed by atoms with Crippen LogP contribution in [0, 0.1) is 0 Å². The summed E-state index contributed by atoms with van der Waals surface area (Å²) >= 11 is 1.19.